The zero-order valence-corrected chi connectivity index (χ0v) is 13.0. The van der Waals surface area contributed by atoms with Gasteiger partial charge in [0.2, 0.25) is 5.91 Å². The summed E-state index contributed by atoms with van der Waals surface area (Å²) in [6, 6.07) is 7.93. The smallest absolute Gasteiger partial charge is 0.240 e. The topological polar surface area (TPSA) is 64.4 Å². The summed E-state index contributed by atoms with van der Waals surface area (Å²) < 4.78 is 5.98. The molecule has 1 unspecified atom stereocenters. The molecule has 1 amide bonds. The number of amides is 1. The molecule has 1 aliphatic rings. The van der Waals surface area contributed by atoms with Gasteiger partial charge in [0, 0.05) is 0 Å². The van der Waals surface area contributed by atoms with Crippen LogP contribution in [0.3, 0.4) is 0 Å². The van der Waals surface area contributed by atoms with Crippen LogP contribution in [0.2, 0.25) is 0 Å². The summed E-state index contributed by atoms with van der Waals surface area (Å²) in [5, 5.41) is 2.97. The predicted molar refractivity (Wildman–Crippen MR) is 84.3 cm³/mol. The number of nitrogens with one attached hydrogen (secondary N) is 1. The minimum atomic E-state index is -0.666. The first-order valence-electron chi connectivity index (χ1n) is 7.84. The highest BCUT2D eigenvalue weighted by molar-refractivity contribution is 5.86. The molecule has 1 saturated carbocycles. The van der Waals surface area contributed by atoms with Crippen molar-refractivity contribution >= 4 is 5.91 Å². The van der Waals surface area contributed by atoms with Crippen LogP contribution in [0.4, 0.5) is 0 Å². The van der Waals surface area contributed by atoms with Crippen molar-refractivity contribution in [3.05, 3.63) is 29.8 Å². The van der Waals surface area contributed by atoms with Gasteiger partial charge in [-0.05, 0) is 37.8 Å². The van der Waals surface area contributed by atoms with Crippen LogP contribution in [-0.4, -0.2) is 24.1 Å². The second-order valence-corrected chi connectivity index (χ2v) is 5.99. The van der Waals surface area contributed by atoms with E-state index in [-0.39, 0.29) is 12.0 Å². The van der Waals surface area contributed by atoms with Gasteiger partial charge in [0.05, 0.1) is 12.1 Å². The Hall–Kier alpha value is -1.55. The van der Waals surface area contributed by atoms with Crippen molar-refractivity contribution in [3.63, 3.8) is 0 Å². The van der Waals surface area contributed by atoms with Crippen molar-refractivity contribution in [1.82, 2.24) is 5.32 Å². The van der Waals surface area contributed by atoms with Gasteiger partial charge in [-0.1, -0.05) is 38.0 Å². The van der Waals surface area contributed by atoms with Gasteiger partial charge in [0.25, 0.3) is 0 Å². The summed E-state index contributed by atoms with van der Waals surface area (Å²) in [5.41, 5.74) is 6.59. The fourth-order valence-electron chi connectivity index (χ4n) is 2.75. The Kier molecular flexibility index (Phi) is 5.23. The third kappa shape index (κ3) is 3.97. The zero-order valence-electron chi connectivity index (χ0n) is 13.0. The molecule has 0 radical (unpaired) electrons. The summed E-state index contributed by atoms with van der Waals surface area (Å²) in [6.45, 7) is 4.58. The first-order valence-corrected chi connectivity index (χ1v) is 7.84. The Labute approximate surface area is 127 Å². The van der Waals surface area contributed by atoms with E-state index in [1.165, 1.54) is 0 Å². The molecule has 0 bridgehead atoms. The maximum Gasteiger partial charge on any atom is 0.240 e. The number of hydrogen-bond donors (Lipinski definition) is 2. The number of aryl methyl sites for hydroxylation is 1. The van der Waals surface area contributed by atoms with Crippen LogP contribution in [0.25, 0.3) is 0 Å². The van der Waals surface area contributed by atoms with Crippen LogP contribution in [0.15, 0.2) is 24.3 Å². The number of carbonyl (C=O) groups is 1. The third-order valence-electron chi connectivity index (χ3n) is 4.28. The van der Waals surface area contributed by atoms with Crippen molar-refractivity contribution in [2.24, 2.45) is 5.73 Å². The van der Waals surface area contributed by atoms with Crippen molar-refractivity contribution < 1.29 is 9.53 Å². The largest absolute Gasteiger partial charge is 0.488 e. The average molecular weight is 290 g/mol. The molecular weight excluding hydrogens is 264 g/mol. The molecule has 1 aromatic carbocycles. The maximum atomic E-state index is 12.2. The van der Waals surface area contributed by atoms with Crippen molar-refractivity contribution in [2.75, 3.05) is 6.54 Å². The monoisotopic (exact) mass is 290 g/mol. The molecular formula is C17H26N2O2. The SMILES string of the molecule is CCC(CNC(=O)C1(N)CCCC1)Oc1ccccc1C. The lowest BCUT2D eigenvalue weighted by Gasteiger charge is -2.25. The highest BCUT2D eigenvalue weighted by atomic mass is 16.5. The highest BCUT2D eigenvalue weighted by Crippen LogP contribution is 2.27. The molecule has 0 spiro atoms. The van der Waals surface area contributed by atoms with E-state index in [1.54, 1.807) is 0 Å². The van der Waals surface area contributed by atoms with Gasteiger partial charge in [0.15, 0.2) is 0 Å². The van der Waals surface area contributed by atoms with Crippen molar-refractivity contribution in [3.8, 4) is 5.75 Å². The van der Waals surface area contributed by atoms with Crippen LogP contribution in [0, 0.1) is 6.92 Å². The van der Waals surface area contributed by atoms with Gasteiger partial charge >= 0.3 is 0 Å². The molecule has 3 N–H and O–H groups in total. The Morgan fingerprint density at radius 3 is 2.67 bits per heavy atom. The Morgan fingerprint density at radius 2 is 2.05 bits per heavy atom. The number of hydrogen-bond acceptors (Lipinski definition) is 3. The minimum absolute atomic E-state index is 0.0277. The van der Waals surface area contributed by atoms with E-state index in [0.29, 0.717) is 6.54 Å². The Balaban J connectivity index is 1.88. The molecule has 0 aliphatic heterocycles. The van der Waals surface area contributed by atoms with Gasteiger partial charge in [0.1, 0.15) is 11.9 Å². The molecule has 4 heteroatoms. The summed E-state index contributed by atoms with van der Waals surface area (Å²) in [7, 11) is 0. The van der Waals surface area contributed by atoms with Crippen molar-refractivity contribution in [1.29, 1.82) is 0 Å². The van der Waals surface area contributed by atoms with Gasteiger partial charge in [-0.2, -0.15) is 0 Å². The molecule has 0 aromatic heterocycles. The van der Waals surface area contributed by atoms with Crippen LogP contribution >= 0.6 is 0 Å². The van der Waals surface area contributed by atoms with Crippen LogP contribution in [-0.2, 0) is 4.79 Å². The van der Waals surface area contributed by atoms with Crippen LogP contribution < -0.4 is 15.8 Å². The van der Waals surface area contributed by atoms with Gasteiger partial charge < -0.3 is 15.8 Å². The lowest BCUT2D eigenvalue weighted by atomic mass is 9.98. The lowest BCUT2D eigenvalue weighted by molar-refractivity contribution is -0.126. The van der Waals surface area contributed by atoms with E-state index in [1.807, 2.05) is 31.2 Å². The highest BCUT2D eigenvalue weighted by Gasteiger charge is 2.36. The number of para-hydroxylation sites is 1. The number of benzene rings is 1. The number of rotatable bonds is 6. The third-order valence-corrected chi connectivity index (χ3v) is 4.28. The Bertz CT molecular complexity index is 481. The fourth-order valence-corrected chi connectivity index (χ4v) is 2.75. The molecule has 4 nitrogen and oxygen atoms in total. The van der Waals surface area contributed by atoms with Crippen LogP contribution in [0.5, 0.6) is 5.75 Å². The maximum absolute atomic E-state index is 12.2. The quantitative estimate of drug-likeness (QED) is 0.846. The number of ether oxygens (including phenoxy) is 1. The first kappa shape index (κ1) is 15.8. The molecule has 0 heterocycles. The van der Waals surface area contributed by atoms with Gasteiger partial charge in [-0.3, -0.25) is 4.79 Å². The minimum Gasteiger partial charge on any atom is -0.488 e. The Morgan fingerprint density at radius 1 is 1.38 bits per heavy atom. The standard InChI is InChI=1S/C17H26N2O2/c1-3-14(21-15-9-5-4-8-13(15)2)12-19-16(20)17(18)10-6-7-11-17/h4-5,8-9,14H,3,6-7,10-12,18H2,1-2H3,(H,19,20). The van der Waals surface area contributed by atoms with E-state index in [9.17, 15) is 4.79 Å². The fraction of sp³-hybridized carbons (Fsp3) is 0.588. The van der Waals surface area contributed by atoms with Crippen LogP contribution in [0.1, 0.15) is 44.6 Å². The van der Waals surface area contributed by atoms with Crippen molar-refractivity contribution in [2.45, 2.75) is 57.6 Å². The van der Waals surface area contributed by atoms with E-state index >= 15 is 0 Å². The average Bonchev–Trinajstić information content (AvgIpc) is 2.93. The molecule has 1 aliphatic carbocycles. The lowest BCUT2D eigenvalue weighted by Crippen LogP contribution is -2.53. The molecule has 21 heavy (non-hydrogen) atoms. The second-order valence-electron chi connectivity index (χ2n) is 5.99. The van der Waals surface area contributed by atoms with Gasteiger partial charge in [-0.15, -0.1) is 0 Å². The molecule has 116 valence electrons. The molecule has 1 aromatic rings. The summed E-state index contributed by atoms with van der Waals surface area (Å²) in [5.74, 6) is 0.841. The van der Waals surface area contributed by atoms with Gasteiger partial charge in [-0.25, -0.2) is 0 Å². The molecule has 0 saturated heterocycles. The van der Waals surface area contributed by atoms with E-state index in [4.69, 9.17) is 10.5 Å². The number of carbonyl (C=O) groups excluding carboxylic acids is 1. The summed E-state index contributed by atoms with van der Waals surface area (Å²) in [6.07, 6.45) is 4.47. The summed E-state index contributed by atoms with van der Waals surface area (Å²) >= 11 is 0. The zero-order chi connectivity index (χ0) is 15.3. The summed E-state index contributed by atoms with van der Waals surface area (Å²) in [4.78, 5) is 12.2. The molecule has 1 fully saturated rings. The predicted octanol–water partition coefficient (Wildman–Crippen LogP) is 2.54. The first-order chi connectivity index (χ1) is 10.0. The number of nitrogens with two attached hydrogens (primary N) is 1. The molecule has 1 atom stereocenters. The van der Waals surface area contributed by atoms with E-state index in [2.05, 4.69) is 12.2 Å². The van der Waals surface area contributed by atoms with E-state index in [0.717, 1.165) is 43.4 Å². The normalized spacial score (nSPS) is 18.2. The second kappa shape index (κ2) is 6.94. The molecule has 2 rings (SSSR count). The van der Waals surface area contributed by atoms with E-state index < -0.39 is 5.54 Å².